The summed E-state index contributed by atoms with van der Waals surface area (Å²) in [7, 11) is 0. The molecule has 32 heavy (non-hydrogen) atoms. The summed E-state index contributed by atoms with van der Waals surface area (Å²) in [6, 6.07) is 19.0. The molecule has 0 aliphatic heterocycles. The summed E-state index contributed by atoms with van der Waals surface area (Å²) >= 11 is 0. The van der Waals surface area contributed by atoms with Crippen molar-refractivity contribution in [3.63, 3.8) is 0 Å². The fraction of sp³-hybridized carbons (Fsp3) is 0.231. The van der Waals surface area contributed by atoms with E-state index in [4.69, 9.17) is 0 Å². The van der Waals surface area contributed by atoms with Crippen molar-refractivity contribution < 1.29 is 9.59 Å². The molecule has 4 aromatic rings. The van der Waals surface area contributed by atoms with E-state index < -0.39 is 0 Å². The lowest BCUT2D eigenvalue weighted by Crippen LogP contribution is -2.27. The van der Waals surface area contributed by atoms with Crippen LogP contribution in [0.3, 0.4) is 0 Å². The zero-order valence-electron chi connectivity index (χ0n) is 17.5. The Labute approximate surface area is 185 Å². The molecule has 3 aromatic carbocycles. The van der Waals surface area contributed by atoms with Gasteiger partial charge in [-0.15, -0.1) is 5.10 Å². The zero-order chi connectivity index (χ0) is 21.7. The van der Waals surface area contributed by atoms with Crippen LogP contribution < -0.4 is 5.32 Å². The highest BCUT2D eigenvalue weighted by Crippen LogP contribution is 2.38. The number of anilines is 1. The third-order valence-electron chi connectivity index (χ3n) is 6.58. The molecule has 0 amide bonds. The summed E-state index contributed by atoms with van der Waals surface area (Å²) in [6.07, 6.45) is 5.69. The Hall–Kier alpha value is -3.80. The van der Waals surface area contributed by atoms with E-state index in [2.05, 4.69) is 15.6 Å². The fourth-order valence-electron chi connectivity index (χ4n) is 5.00. The Kier molecular flexibility index (Phi) is 4.38. The minimum absolute atomic E-state index is 0.135. The lowest BCUT2D eigenvalue weighted by molar-refractivity contribution is 0.0980. The Balaban J connectivity index is 1.61. The average Bonchev–Trinajstić information content (AvgIpc) is 3.27. The lowest BCUT2D eigenvalue weighted by Gasteiger charge is -2.27. The number of nitrogens with zero attached hydrogens (tertiary/aromatic N) is 3. The van der Waals surface area contributed by atoms with Crippen LogP contribution in [0.15, 0.2) is 60.7 Å². The van der Waals surface area contributed by atoms with Gasteiger partial charge in [-0.25, -0.2) is 4.68 Å². The number of benzene rings is 3. The van der Waals surface area contributed by atoms with E-state index in [1.807, 2.05) is 36.4 Å². The lowest BCUT2D eigenvalue weighted by atomic mass is 9.82. The molecule has 1 aromatic heterocycles. The van der Waals surface area contributed by atoms with Gasteiger partial charge in [0.15, 0.2) is 11.6 Å². The fourth-order valence-corrected chi connectivity index (χ4v) is 5.00. The molecule has 0 saturated heterocycles. The molecule has 2 aliphatic rings. The second kappa shape index (κ2) is 7.41. The second-order valence-electron chi connectivity index (χ2n) is 8.56. The SMILES string of the molecule is O=C1c2ccccc2C(=O)c2c1c(NC1CCCCC1)cc1c2nnn1-c1ccccc1. The molecule has 0 radical (unpaired) electrons. The van der Waals surface area contributed by atoms with Crippen molar-refractivity contribution in [2.75, 3.05) is 5.32 Å². The summed E-state index contributed by atoms with van der Waals surface area (Å²) in [5.74, 6) is -0.308. The minimum atomic E-state index is -0.174. The number of carbonyl (C=O) groups excluding carboxylic acids is 2. The predicted octanol–water partition coefficient (Wildman–Crippen LogP) is 4.94. The number of para-hydroxylation sites is 1. The number of rotatable bonds is 3. The predicted molar refractivity (Wildman–Crippen MR) is 123 cm³/mol. The van der Waals surface area contributed by atoms with E-state index in [9.17, 15) is 9.59 Å². The second-order valence-corrected chi connectivity index (χ2v) is 8.56. The van der Waals surface area contributed by atoms with Gasteiger partial charge in [0, 0.05) is 22.9 Å². The highest BCUT2D eigenvalue weighted by atomic mass is 16.1. The molecule has 1 saturated carbocycles. The molecule has 0 atom stereocenters. The molecule has 158 valence electrons. The number of ketones is 2. The van der Waals surface area contributed by atoms with Gasteiger partial charge in [0.05, 0.1) is 22.3 Å². The van der Waals surface area contributed by atoms with Gasteiger partial charge in [-0.05, 0) is 31.0 Å². The quantitative estimate of drug-likeness (QED) is 0.446. The van der Waals surface area contributed by atoms with Gasteiger partial charge in [-0.1, -0.05) is 66.9 Å². The van der Waals surface area contributed by atoms with Crippen molar-refractivity contribution in [3.8, 4) is 5.69 Å². The molecule has 1 heterocycles. The maximum atomic E-state index is 13.6. The van der Waals surface area contributed by atoms with Crippen LogP contribution in [0.5, 0.6) is 0 Å². The molecular formula is C26H22N4O2. The van der Waals surface area contributed by atoms with Gasteiger partial charge in [-0.2, -0.15) is 0 Å². The van der Waals surface area contributed by atoms with Crippen molar-refractivity contribution in [2.24, 2.45) is 0 Å². The topological polar surface area (TPSA) is 76.9 Å². The van der Waals surface area contributed by atoms with Crippen LogP contribution in [-0.4, -0.2) is 32.6 Å². The van der Waals surface area contributed by atoms with Gasteiger partial charge >= 0.3 is 0 Å². The molecular weight excluding hydrogens is 400 g/mol. The maximum absolute atomic E-state index is 13.6. The highest BCUT2D eigenvalue weighted by Gasteiger charge is 2.35. The number of nitrogens with one attached hydrogen (secondary N) is 1. The van der Waals surface area contributed by atoms with Crippen LogP contribution in [0.2, 0.25) is 0 Å². The first-order valence-corrected chi connectivity index (χ1v) is 11.1. The van der Waals surface area contributed by atoms with Crippen molar-refractivity contribution in [2.45, 2.75) is 38.1 Å². The largest absolute Gasteiger partial charge is 0.382 e. The average molecular weight is 422 g/mol. The van der Waals surface area contributed by atoms with E-state index in [1.165, 1.54) is 19.3 Å². The summed E-state index contributed by atoms with van der Waals surface area (Å²) < 4.78 is 1.74. The summed E-state index contributed by atoms with van der Waals surface area (Å²) in [5, 5.41) is 12.3. The van der Waals surface area contributed by atoms with Gasteiger partial charge < -0.3 is 5.32 Å². The van der Waals surface area contributed by atoms with E-state index in [1.54, 1.807) is 28.9 Å². The molecule has 1 N–H and O–H groups in total. The Bertz CT molecular complexity index is 1370. The Morgan fingerprint density at radius 1 is 0.812 bits per heavy atom. The molecule has 1 fully saturated rings. The van der Waals surface area contributed by atoms with Crippen LogP contribution in [-0.2, 0) is 0 Å². The van der Waals surface area contributed by atoms with Crippen molar-refractivity contribution in [3.05, 3.63) is 82.9 Å². The highest BCUT2D eigenvalue weighted by molar-refractivity contribution is 6.33. The number of aromatic nitrogens is 3. The molecule has 6 heteroatoms. The third-order valence-corrected chi connectivity index (χ3v) is 6.58. The van der Waals surface area contributed by atoms with Crippen molar-refractivity contribution >= 4 is 28.3 Å². The number of hydrogen-bond donors (Lipinski definition) is 1. The van der Waals surface area contributed by atoms with Crippen LogP contribution in [0, 0.1) is 0 Å². The van der Waals surface area contributed by atoms with E-state index in [0.29, 0.717) is 39.0 Å². The Morgan fingerprint density at radius 3 is 2.19 bits per heavy atom. The van der Waals surface area contributed by atoms with Crippen LogP contribution in [0.1, 0.15) is 63.9 Å². The zero-order valence-corrected chi connectivity index (χ0v) is 17.5. The molecule has 0 bridgehead atoms. The molecule has 2 aliphatic carbocycles. The van der Waals surface area contributed by atoms with Gasteiger partial charge in [0.2, 0.25) is 0 Å². The van der Waals surface area contributed by atoms with Crippen LogP contribution >= 0.6 is 0 Å². The van der Waals surface area contributed by atoms with E-state index in [-0.39, 0.29) is 17.6 Å². The number of fused-ring (bicyclic) bond motifs is 4. The van der Waals surface area contributed by atoms with Crippen molar-refractivity contribution in [1.82, 2.24) is 15.0 Å². The molecule has 6 rings (SSSR count). The first-order chi connectivity index (χ1) is 15.7. The smallest absolute Gasteiger partial charge is 0.196 e. The summed E-state index contributed by atoms with van der Waals surface area (Å²) in [5.41, 5.74) is 4.39. The standard InChI is InChI=1S/C26H22N4O2/c31-25-18-13-7-8-14-19(18)26(32)23-22(25)20(27-16-9-3-1-4-10-16)15-21-24(23)28-29-30(21)17-11-5-2-6-12-17/h2,5-8,11-16,27H,1,3-4,9-10H2. The van der Waals surface area contributed by atoms with Gasteiger partial charge in [0.25, 0.3) is 0 Å². The van der Waals surface area contributed by atoms with Gasteiger partial charge in [0.1, 0.15) is 5.52 Å². The first-order valence-electron chi connectivity index (χ1n) is 11.1. The minimum Gasteiger partial charge on any atom is -0.382 e. The summed E-state index contributed by atoms with van der Waals surface area (Å²) in [6.45, 7) is 0. The molecule has 6 nitrogen and oxygen atoms in total. The maximum Gasteiger partial charge on any atom is 0.196 e. The van der Waals surface area contributed by atoms with Gasteiger partial charge in [-0.3, -0.25) is 9.59 Å². The molecule has 0 spiro atoms. The number of carbonyl (C=O) groups is 2. The van der Waals surface area contributed by atoms with Crippen molar-refractivity contribution in [1.29, 1.82) is 0 Å². The first kappa shape index (κ1) is 18.9. The third kappa shape index (κ3) is 2.87. The number of hydrogen-bond acceptors (Lipinski definition) is 5. The van der Waals surface area contributed by atoms with Crippen LogP contribution in [0.25, 0.3) is 16.7 Å². The normalized spacial score (nSPS) is 16.1. The van der Waals surface area contributed by atoms with E-state index >= 15 is 0 Å². The van der Waals surface area contributed by atoms with Crippen LogP contribution in [0.4, 0.5) is 5.69 Å². The summed E-state index contributed by atoms with van der Waals surface area (Å²) in [4.78, 5) is 27.2. The monoisotopic (exact) mass is 422 g/mol. The van der Waals surface area contributed by atoms with E-state index in [0.717, 1.165) is 18.5 Å². The molecule has 0 unspecified atom stereocenters. The Morgan fingerprint density at radius 2 is 1.47 bits per heavy atom.